The molecule has 212 valence electrons. The van der Waals surface area contributed by atoms with E-state index in [1.807, 2.05) is 60.7 Å². The predicted octanol–water partition coefficient (Wildman–Crippen LogP) is 4.32. The second-order valence-corrected chi connectivity index (χ2v) is 10.3. The van der Waals surface area contributed by atoms with Gasteiger partial charge in [0.25, 0.3) is 0 Å². The number of H-pyrrole nitrogens is 1. The molecule has 1 aromatic heterocycles. The molecule has 4 aromatic rings. The Hall–Kier alpha value is -4.63. The first-order chi connectivity index (χ1) is 20.0. The molecule has 3 aromatic carbocycles. The summed E-state index contributed by atoms with van der Waals surface area (Å²) in [6.45, 7) is 0.533. The first-order valence-corrected chi connectivity index (χ1v) is 13.9. The van der Waals surface area contributed by atoms with Gasteiger partial charge in [0.05, 0.1) is 0 Å². The van der Waals surface area contributed by atoms with Crippen LogP contribution in [-0.4, -0.2) is 53.3 Å². The zero-order chi connectivity index (χ0) is 28.8. The zero-order valence-electron chi connectivity index (χ0n) is 22.6. The maximum absolute atomic E-state index is 13.4. The second kappa shape index (κ2) is 12.7. The van der Waals surface area contributed by atoms with Crippen molar-refractivity contribution in [2.24, 2.45) is 5.73 Å². The van der Waals surface area contributed by atoms with Gasteiger partial charge < -0.3 is 31.2 Å². The van der Waals surface area contributed by atoms with Crippen molar-refractivity contribution in [2.45, 2.75) is 43.7 Å². The standard InChI is InChI=1S/C32H34N4O5/c33-16-8-7-15-28(31(38)39)35-30(37)29(17-20-18-34-27-14-6-5-9-21(20)27)36-32(40)41-19-26-24-12-3-1-10-22(24)23-11-2-4-13-25(23)26/h1-6,9-14,18,26,28-29,34H,7-8,15-17,19,33H2,(H,35,37)(H,36,40)(H,38,39)/t28-,29-/m0/s1. The summed E-state index contributed by atoms with van der Waals surface area (Å²) in [6, 6.07) is 21.6. The molecular weight excluding hydrogens is 520 g/mol. The van der Waals surface area contributed by atoms with Crippen LogP contribution in [0, 0.1) is 0 Å². The Kier molecular flexibility index (Phi) is 8.64. The fourth-order valence-electron chi connectivity index (χ4n) is 5.53. The van der Waals surface area contributed by atoms with Crippen LogP contribution in [0.25, 0.3) is 22.0 Å². The SMILES string of the molecule is NCCCC[C@H](NC(=O)[C@H](Cc1c[nH]c2ccccc12)NC(=O)OCC1c2ccccc2-c2ccccc21)C(=O)O. The van der Waals surface area contributed by atoms with Gasteiger partial charge in [-0.15, -0.1) is 0 Å². The Labute approximate surface area is 238 Å². The van der Waals surface area contributed by atoms with Crippen LogP contribution >= 0.6 is 0 Å². The number of aromatic amines is 1. The Morgan fingerprint density at radius 3 is 2.22 bits per heavy atom. The van der Waals surface area contributed by atoms with Gasteiger partial charge in [0.15, 0.2) is 0 Å². The highest BCUT2D eigenvalue weighted by molar-refractivity contribution is 5.91. The number of nitrogens with one attached hydrogen (secondary N) is 3. The van der Waals surface area contributed by atoms with Crippen molar-refractivity contribution in [2.75, 3.05) is 13.2 Å². The molecule has 0 fully saturated rings. The number of fused-ring (bicyclic) bond motifs is 4. The van der Waals surface area contributed by atoms with Gasteiger partial charge >= 0.3 is 12.1 Å². The largest absolute Gasteiger partial charge is 0.480 e. The summed E-state index contributed by atoms with van der Waals surface area (Å²) < 4.78 is 5.69. The number of para-hydroxylation sites is 1. The molecule has 0 saturated carbocycles. The predicted molar refractivity (Wildman–Crippen MR) is 156 cm³/mol. The number of unbranched alkanes of at least 4 members (excludes halogenated alkanes) is 1. The smallest absolute Gasteiger partial charge is 0.407 e. The molecule has 5 rings (SSSR count). The Morgan fingerprint density at radius 2 is 1.54 bits per heavy atom. The zero-order valence-corrected chi connectivity index (χ0v) is 22.6. The molecule has 0 spiro atoms. The van der Waals surface area contributed by atoms with E-state index in [0.29, 0.717) is 19.4 Å². The topological polar surface area (TPSA) is 147 Å². The number of hydrogen-bond acceptors (Lipinski definition) is 5. The van der Waals surface area contributed by atoms with E-state index < -0.39 is 30.1 Å². The van der Waals surface area contributed by atoms with Crippen molar-refractivity contribution in [3.05, 3.63) is 95.7 Å². The molecular formula is C32H34N4O5. The van der Waals surface area contributed by atoms with Crippen LogP contribution in [0.1, 0.15) is 41.9 Å². The van der Waals surface area contributed by atoms with E-state index in [1.165, 1.54) is 0 Å². The Morgan fingerprint density at radius 1 is 0.878 bits per heavy atom. The summed E-state index contributed by atoms with van der Waals surface area (Å²) in [5, 5.41) is 15.9. The third kappa shape index (κ3) is 6.25. The molecule has 2 atom stereocenters. The number of carbonyl (C=O) groups is 3. The number of rotatable bonds is 12. The van der Waals surface area contributed by atoms with Crippen LogP contribution in [0.3, 0.4) is 0 Å². The average Bonchev–Trinajstić information content (AvgIpc) is 3.54. The fourth-order valence-corrected chi connectivity index (χ4v) is 5.53. The van der Waals surface area contributed by atoms with Crippen LogP contribution in [0.4, 0.5) is 4.79 Å². The summed E-state index contributed by atoms with van der Waals surface area (Å²) in [7, 11) is 0. The summed E-state index contributed by atoms with van der Waals surface area (Å²) >= 11 is 0. The second-order valence-electron chi connectivity index (χ2n) is 10.3. The van der Waals surface area contributed by atoms with Gasteiger partial charge in [0.1, 0.15) is 18.7 Å². The van der Waals surface area contributed by atoms with E-state index >= 15 is 0 Å². The minimum atomic E-state index is -1.14. The Balaban J connectivity index is 1.31. The normalized spacial score (nSPS) is 13.7. The molecule has 0 aliphatic heterocycles. The molecule has 1 aliphatic rings. The van der Waals surface area contributed by atoms with Crippen LogP contribution in [0.5, 0.6) is 0 Å². The molecule has 0 bridgehead atoms. The lowest BCUT2D eigenvalue weighted by Crippen LogP contribution is -2.52. The molecule has 1 heterocycles. The number of amides is 2. The molecule has 0 radical (unpaired) electrons. The lowest BCUT2D eigenvalue weighted by atomic mass is 9.98. The number of aromatic nitrogens is 1. The van der Waals surface area contributed by atoms with E-state index in [4.69, 9.17) is 10.5 Å². The molecule has 6 N–H and O–H groups in total. The average molecular weight is 555 g/mol. The van der Waals surface area contributed by atoms with Crippen molar-refractivity contribution in [1.29, 1.82) is 0 Å². The van der Waals surface area contributed by atoms with Crippen molar-refractivity contribution >= 4 is 28.9 Å². The number of carbonyl (C=O) groups excluding carboxylic acids is 2. The van der Waals surface area contributed by atoms with Crippen molar-refractivity contribution in [3.8, 4) is 11.1 Å². The van der Waals surface area contributed by atoms with Crippen LogP contribution in [0.2, 0.25) is 0 Å². The fraction of sp³-hybridized carbons (Fsp3) is 0.281. The van der Waals surface area contributed by atoms with Crippen LogP contribution in [0.15, 0.2) is 79.0 Å². The monoisotopic (exact) mass is 554 g/mol. The molecule has 0 saturated heterocycles. The molecule has 9 nitrogen and oxygen atoms in total. The van der Waals surface area contributed by atoms with Crippen molar-refractivity contribution in [1.82, 2.24) is 15.6 Å². The molecule has 0 unspecified atom stereocenters. The lowest BCUT2D eigenvalue weighted by molar-refractivity contribution is -0.142. The number of carboxylic acid groups (broad SMARTS) is 1. The van der Waals surface area contributed by atoms with Crippen LogP contribution < -0.4 is 16.4 Å². The lowest BCUT2D eigenvalue weighted by Gasteiger charge is -2.22. The number of carboxylic acids is 1. The number of alkyl carbamates (subject to hydrolysis) is 1. The molecule has 41 heavy (non-hydrogen) atoms. The number of benzene rings is 3. The summed E-state index contributed by atoms with van der Waals surface area (Å²) in [5.41, 5.74) is 11.6. The first kappa shape index (κ1) is 27.9. The third-order valence-corrected chi connectivity index (χ3v) is 7.61. The van der Waals surface area contributed by atoms with Gasteiger partial charge in [-0.05, 0) is 59.7 Å². The number of hydrogen-bond donors (Lipinski definition) is 5. The van der Waals surface area contributed by atoms with Gasteiger partial charge in [0, 0.05) is 29.4 Å². The van der Waals surface area contributed by atoms with Gasteiger partial charge in [-0.1, -0.05) is 66.7 Å². The van der Waals surface area contributed by atoms with E-state index in [9.17, 15) is 19.5 Å². The Bertz CT molecular complexity index is 1500. The van der Waals surface area contributed by atoms with Gasteiger partial charge in [0.2, 0.25) is 5.91 Å². The van der Waals surface area contributed by atoms with Crippen molar-refractivity contribution in [3.63, 3.8) is 0 Å². The third-order valence-electron chi connectivity index (χ3n) is 7.61. The first-order valence-electron chi connectivity index (χ1n) is 13.9. The molecule has 1 aliphatic carbocycles. The van der Waals surface area contributed by atoms with Gasteiger partial charge in [-0.3, -0.25) is 4.79 Å². The quantitative estimate of drug-likeness (QED) is 0.165. The maximum atomic E-state index is 13.4. The van der Waals surface area contributed by atoms with E-state index in [-0.39, 0.29) is 25.4 Å². The summed E-state index contributed by atoms with van der Waals surface area (Å²) in [6.07, 6.45) is 2.64. The molecule has 2 amide bonds. The minimum absolute atomic E-state index is 0.0954. The van der Waals surface area contributed by atoms with Crippen LogP contribution in [-0.2, 0) is 20.7 Å². The maximum Gasteiger partial charge on any atom is 0.407 e. The van der Waals surface area contributed by atoms with Gasteiger partial charge in [-0.25, -0.2) is 9.59 Å². The number of nitrogens with two attached hydrogens (primary N) is 1. The van der Waals surface area contributed by atoms with E-state index in [2.05, 4.69) is 27.8 Å². The minimum Gasteiger partial charge on any atom is -0.480 e. The number of ether oxygens (including phenoxy) is 1. The highest BCUT2D eigenvalue weighted by Crippen LogP contribution is 2.44. The highest BCUT2D eigenvalue weighted by Gasteiger charge is 2.31. The number of aliphatic carboxylic acids is 1. The summed E-state index contributed by atoms with van der Waals surface area (Å²) in [4.78, 5) is 41.5. The molecule has 9 heteroatoms. The van der Waals surface area contributed by atoms with Crippen molar-refractivity contribution < 1.29 is 24.2 Å². The highest BCUT2D eigenvalue weighted by atomic mass is 16.5. The van der Waals surface area contributed by atoms with E-state index in [0.717, 1.165) is 38.7 Å². The summed E-state index contributed by atoms with van der Waals surface area (Å²) in [5.74, 6) is -1.86. The van der Waals surface area contributed by atoms with Gasteiger partial charge in [-0.2, -0.15) is 0 Å². The van der Waals surface area contributed by atoms with E-state index in [1.54, 1.807) is 6.20 Å².